The van der Waals surface area contributed by atoms with Crippen LogP contribution in [0, 0.1) is 5.92 Å². The van der Waals surface area contributed by atoms with Gasteiger partial charge < -0.3 is 4.74 Å². The molecule has 2 heterocycles. The van der Waals surface area contributed by atoms with Gasteiger partial charge in [-0.3, -0.25) is 9.69 Å². The molecule has 0 N–H and O–H groups in total. The number of carbonyl (C=O) groups is 1. The van der Waals surface area contributed by atoms with Crippen LogP contribution in [0.5, 0.6) is 0 Å². The van der Waals surface area contributed by atoms with Gasteiger partial charge in [0.15, 0.2) is 0 Å². The number of likely N-dealkylation sites (tertiary alicyclic amines) is 1. The molecule has 2 aliphatic heterocycles. The second kappa shape index (κ2) is 8.65. The minimum absolute atomic E-state index is 0.216. The summed E-state index contributed by atoms with van der Waals surface area (Å²) in [6.07, 6.45) is 5.84. The van der Waals surface area contributed by atoms with Gasteiger partial charge >= 0.3 is 0 Å². The van der Waals surface area contributed by atoms with Gasteiger partial charge in [-0.25, -0.2) is 0 Å². The van der Waals surface area contributed by atoms with Crippen molar-refractivity contribution in [1.29, 1.82) is 0 Å². The van der Waals surface area contributed by atoms with E-state index in [1.807, 2.05) is 0 Å². The number of Topliss-reactive ketones (excluding diaryl/α,β-unsaturated/α-hetero) is 1. The molecule has 0 amide bonds. The smallest absolute Gasteiger partial charge is 0.146 e. The average molecular weight is 255 g/mol. The molecule has 0 aromatic carbocycles. The highest BCUT2D eigenvalue weighted by atomic mass is 16.5. The molecule has 1 atom stereocenters. The fraction of sp³-hybridized carbons (Fsp3) is 0.933. The van der Waals surface area contributed by atoms with Gasteiger partial charge in [0.2, 0.25) is 0 Å². The molecule has 2 fully saturated rings. The largest absolute Gasteiger partial charge is 0.381 e. The first-order valence-electron chi connectivity index (χ1n) is 7.51. The normalized spacial score (nSPS) is 25.6. The maximum Gasteiger partial charge on any atom is 0.146 e. The standard InChI is InChI=1S/C12H21NO2.C3H8/c1-10(14)12-3-2-6-13(12)9-11-4-7-15-8-5-11;1-3-2/h11-12H,2-9H2,1H3;3H2,1-2H3. The van der Waals surface area contributed by atoms with Gasteiger partial charge in [-0.1, -0.05) is 20.3 Å². The van der Waals surface area contributed by atoms with Gasteiger partial charge in [-0.15, -0.1) is 0 Å². The highest BCUT2D eigenvalue weighted by Gasteiger charge is 2.30. The number of hydrogen-bond acceptors (Lipinski definition) is 3. The van der Waals surface area contributed by atoms with E-state index in [1.54, 1.807) is 6.92 Å². The average Bonchev–Trinajstić information content (AvgIpc) is 2.79. The van der Waals surface area contributed by atoms with Crippen molar-refractivity contribution in [3.05, 3.63) is 0 Å². The predicted molar refractivity (Wildman–Crippen MR) is 74.8 cm³/mol. The predicted octanol–water partition coefficient (Wildman–Crippen LogP) is 2.88. The lowest BCUT2D eigenvalue weighted by atomic mass is 9.99. The van der Waals surface area contributed by atoms with E-state index >= 15 is 0 Å². The summed E-state index contributed by atoms with van der Waals surface area (Å²) >= 11 is 0. The highest BCUT2D eigenvalue weighted by Crippen LogP contribution is 2.23. The van der Waals surface area contributed by atoms with E-state index < -0.39 is 0 Å². The van der Waals surface area contributed by atoms with Crippen molar-refractivity contribution in [3.8, 4) is 0 Å². The van der Waals surface area contributed by atoms with Crippen LogP contribution in [-0.2, 0) is 9.53 Å². The number of rotatable bonds is 3. The lowest BCUT2D eigenvalue weighted by Gasteiger charge is -2.29. The molecule has 0 spiro atoms. The van der Waals surface area contributed by atoms with Gasteiger partial charge in [0.25, 0.3) is 0 Å². The van der Waals surface area contributed by atoms with E-state index in [0.717, 1.165) is 38.6 Å². The lowest BCUT2D eigenvalue weighted by molar-refractivity contribution is -0.121. The summed E-state index contributed by atoms with van der Waals surface area (Å²) in [4.78, 5) is 13.8. The van der Waals surface area contributed by atoms with Crippen molar-refractivity contribution in [2.24, 2.45) is 5.92 Å². The summed E-state index contributed by atoms with van der Waals surface area (Å²) in [5.74, 6) is 1.10. The second-order valence-corrected chi connectivity index (χ2v) is 5.53. The molecule has 106 valence electrons. The van der Waals surface area contributed by atoms with Crippen LogP contribution in [0.3, 0.4) is 0 Å². The summed E-state index contributed by atoms with van der Waals surface area (Å²) in [7, 11) is 0. The van der Waals surface area contributed by atoms with Crippen LogP contribution in [0.4, 0.5) is 0 Å². The third kappa shape index (κ3) is 5.07. The molecule has 2 saturated heterocycles. The van der Waals surface area contributed by atoms with Crippen LogP contribution >= 0.6 is 0 Å². The summed E-state index contributed by atoms with van der Waals surface area (Å²) in [5.41, 5.74) is 0. The maximum atomic E-state index is 11.4. The number of ether oxygens (including phenoxy) is 1. The Hall–Kier alpha value is -0.410. The SMILES string of the molecule is CC(=O)C1CCCN1CC1CCOCC1.CCC. The van der Waals surface area contributed by atoms with Crippen molar-refractivity contribution >= 4 is 5.78 Å². The first-order chi connectivity index (χ1) is 8.69. The number of nitrogens with zero attached hydrogens (tertiary/aromatic N) is 1. The summed E-state index contributed by atoms with van der Waals surface area (Å²) in [5, 5.41) is 0. The molecule has 0 saturated carbocycles. The van der Waals surface area contributed by atoms with E-state index in [2.05, 4.69) is 18.7 Å². The van der Waals surface area contributed by atoms with Crippen LogP contribution < -0.4 is 0 Å². The molecular formula is C15H29NO2. The second-order valence-electron chi connectivity index (χ2n) is 5.53. The molecule has 2 rings (SSSR count). The van der Waals surface area contributed by atoms with E-state index in [0.29, 0.717) is 5.78 Å². The molecule has 0 aromatic rings. The first-order valence-corrected chi connectivity index (χ1v) is 7.51. The highest BCUT2D eigenvalue weighted by molar-refractivity contribution is 5.81. The lowest BCUT2D eigenvalue weighted by Crippen LogP contribution is -2.39. The molecule has 3 nitrogen and oxygen atoms in total. The Balaban J connectivity index is 0.000000492. The molecule has 0 aromatic heterocycles. The van der Waals surface area contributed by atoms with Gasteiger partial charge in [0, 0.05) is 19.8 Å². The quantitative estimate of drug-likeness (QED) is 0.776. The van der Waals surface area contributed by atoms with Gasteiger partial charge in [0.1, 0.15) is 5.78 Å². The zero-order valence-corrected chi connectivity index (χ0v) is 12.3. The van der Waals surface area contributed by atoms with Crippen molar-refractivity contribution in [1.82, 2.24) is 4.90 Å². The van der Waals surface area contributed by atoms with Gasteiger partial charge in [0.05, 0.1) is 6.04 Å². The molecule has 2 aliphatic rings. The Morgan fingerprint density at radius 3 is 2.39 bits per heavy atom. The Morgan fingerprint density at radius 2 is 1.83 bits per heavy atom. The topological polar surface area (TPSA) is 29.5 Å². The minimum atomic E-state index is 0.216. The minimum Gasteiger partial charge on any atom is -0.381 e. The van der Waals surface area contributed by atoms with Crippen LogP contribution in [0.1, 0.15) is 52.9 Å². The van der Waals surface area contributed by atoms with Crippen LogP contribution in [0.25, 0.3) is 0 Å². The molecular weight excluding hydrogens is 226 g/mol. The molecule has 1 unspecified atom stereocenters. The summed E-state index contributed by atoms with van der Waals surface area (Å²) in [6, 6.07) is 0.216. The Bertz CT molecular complexity index is 237. The van der Waals surface area contributed by atoms with Crippen LogP contribution in [0.15, 0.2) is 0 Å². The summed E-state index contributed by atoms with van der Waals surface area (Å²) in [6.45, 7) is 10.0. The Labute approximate surface area is 112 Å². The molecule has 18 heavy (non-hydrogen) atoms. The molecule has 0 radical (unpaired) electrons. The number of ketones is 1. The Kier molecular flexibility index (Phi) is 7.52. The molecule has 0 aliphatic carbocycles. The van der Waals surface area contributed by atoms with Gasteiger partial charge in [-0.2, -0.15) is 0 Å². The zero-order chi connectivity index (χ0) is 13.4. The third-order valence-electron chi connectivity index (χ3n) is 3.67. The fourth-order valence-electron chi connectivity index (χ4n) is 2.77. The molecule has 0 bridgehead atoms. The van der Waals surface area contributed by atoms with Crippen LogP contribution in [-0.4, -0.2) is 43.0 Å². The zero-order valence-electron chi connectivity index (χ0n) is 12.3. The molecule has 3 heteroatoms. The van der Waals surface area contributed by atoms with Crippen molar-refractivity contribution in [3.63, 3.8) is 0 Å². The number of carbonyl (C=O) groups excluding carboxylic acids is 1. The van der Waals surface area contributed by atoms with Gasteiger partial charge in [-0.05, 0) is 45.1 Å². The van der Waals surface area contributed by atoms with Crippen molar-refractivity contribution < 1.29 is 9.53 Å². The third-order valence-corrected chi connectivity index (χ3v) is 3.67. The van der Waals surface area contributed by atoms with Crippen molar-refractivity contribution in [2.45, 2.75) is 58.9 Å². The van der Waals surface area contributed by atoms with E-state index in [1.165, 1.54) is 25.7 Å². The van der Waals surface area contributed by atoms with E-state index in [9.17, 15) is 4.79 Å². The Morgan fingerprint density at radius 1 is 1.22 bits per heavy atom. The fourth-order valence-corrected chi connectivity index (χ4v) is 2.77. The maximum absolute atomic E-state index is 11.4. The van der Waals surface area contributed by atoms with E-state index in [4.69, 9.17) is 4.74 Å². The monoisotopic (exact) mass is 255 g/mol. The number of hydrogen-bond donors (Lipinski definition) is 0. The first kappa shape index (κ1) is 15.6. The van der Waals surface area contributed by atoms with Crippen LogP contribution in [0.2, 0.25) is 0 Å². The summed E-state index contributed by atoms with van der Waals surface area (Å²) < 4.78 is 5.35. The van der Waals surface area contributed by atoms with E-state index in [-0.39, 0.29) is 6.04 Å². The van der Waals surface area contributed by atoms with Crippen molar-refractivity contribution in [2.75, 3.05) is 26.3 Å².